The van der Waals surface area contributed by atoms with Gasteiger partial charge in [-0.3, -0.25) is 9.59 Å². The normalized spacial score (nSPS) is 10.4. The van der Waals surface area contributed by atoms with Gasteiger partial charge < -0.3 is 10.2 Å². The standard InChI is InChI=1S/C22H20FN3O2/c1-26(2)21-16(6-5-13-24-21)14-25-22(28)19-8-4-3-7-18(19)20(27)15-9-11-17(23)12-10-15/h3-13H,14H2,1-2H3,(H,25,28). The molecular formula is C22H20FN3O2. The van der Waals surface area contributed by atoms with E-state index in [1.165, 1.54) is 24.3 Å². The summed E-state index contributed by atoms with van der Waals surface area (Å²) in [5.41, 5.74) is 1.73. The number of aromatic nitrogens is 1. The summed E-state index contributed by atoms with van der Waals surface area (Å²) in [5.74, 6) is -0.352. The predicted octanol–water partition coefficient (Wildman–Crippen LogP) is 3.45. The Bertz CT molecular complexity index is 1000. The number of anilines is 1. The third kappa shape index (κ3) is 4.23. The lowest BCUT2D eigenvalue weighted by Crippen LogP contribution is -2.26. The van der Waals surface area contributed by atoms with Crippen molar-refractivity contribution in [2.24, 2.45) is 0 Å². The number of nitrogens with zero attached hydrogens (tertiary/aromatic N) is 2. The Hall–Kier alpha value is -3.54. The first kappa shape index (κ1) is 19.2. The molecular weight excluding hydrogens is 357 g/mol. The molecule has 0 aliphatic rings. The van der Waals surface area contributed by atoms with Gasteiger partial charge in [-0.15, -0.1) is 0 Å². The number of pyridine rings is 1. The molecule has 3 rings (SSSR count). The van der Waals surface area contributed by atoms with E-state index in [0.717, 1.165) is 11.4 Å². The molecule has 0 aliphatic heterocycles. The summed E-state index contributed by atoms with van der Waals surface area (Å²) in [6, 6.07) is 15.5. The van der Waals surface area contributed by atoms with Crippen molar-refractivity contribution < 1.29 is 14.0 Å². The van der Waals surface area contributed by atoms with Crippen LogP contribution < -0.4 is 10.2 Å². The summed E-state index contributed by atoms with van der Waals surface area (Å²) in [7, 11) is 3.76. The molecule has 6 heteroatoms. The molecule has 0 atom stereocenters. The molecule has 0 unspecified atom stereocenters. The van der Waals surface area contributed by atoms with Gasteiger partial charge in [0.15, 0.2) is 5.78 Å². The fourth-order valence-electron chi connectivity index (χ4n) is 2.88. The van der Waals surface area contributed by atoms with E-state index in [1.807, 2.05) is 25.1 Å². The molecule has 2 aromatic carbocycles. The highest BCUT2D eigenvalue weighted by Gasteiger charge is 2.18. The molecule has 0 fully saturated rings. The highest BCUT2D eigenvalue weighted by molar-refractivity contribution is 6.15. The number of rotatable bonds is 6. The van der Waals surface area contributed by atoms with E-state index >= 15 is 0 Å². The molecule has 0 saturated carbocycles. The largest absolute Gasteiger partial charge is 0.362 e. The third-order valence-corrected chi connectivity index (χ3v) is 4.25. The second-order valence-corrected chi connectivity index (χ2v) is 6.44. The molecule has 28 heavy (non-hydrogen) atoms. The van der Waals surface area contributed by atoms with E-state index in [9.17, 15) is 14.0 Å². The van der Waals surface area contributed by atoms with Crippen molar-refractivity contribution in [1.29, 1.82) is 0 Å². The number of carbonyl (C=O) groups excluding carboxylic acids is 2. The van der Waals surface area contributed by atoms with E-state index in [1.54, 1.807) is 36.5 Å². The first-order chi connectivity index (χ1) is 13.5. The average molecular weight is 377 g/mol. The number of carbonyl (C=O) groups is 2. The minimum atomic E-state index is -0.421. The van der Waals surface area contributed by atoms with Gasteiger partial charge in [0, 0.05) is 43.5 Å². The van der Waals surface area contributed by atoms with Crippen LogP contribution in [-0.2, 0) is 6.54 Å². The molecule has 1 heterocycles. The number of nitrogens with one attached hydrogen (secondary N) is 1. The van der Waals surface area contributed by atoms with E-state index in [0.29, 0.717) is 5.56 Å². The van der Waals surface area contributed by atoms with Gasteiger partial charge >= 0.3 is 0 Å². The van der Waals surface area contributed by atoms with Crippen molar-refractivity contribution in [2.75, 3.05) is 19.0 Å². The number of ketones is 1. The number of benzene rings is 2. The molecule has 1 N–H and O–H groups in total. The predicted molar refractivity (Wildman–Crippen MR) is 106 cm³/mol. The number of halogens is 1. The van der Waals surface area contributed by atoms with Gasteiger partial charge in [0.1, 0.15) is 11.6 Å². The van der Waals surface area contributed by atoms with Gasteiger partial charge in [0.05, 0.1) is 5.56 Å². The van der Waals surface area contributed by atoms with Crippen molar-refractivity contribution in [1.82, 2.24) is 10.3 Å². The van der Waals surface area contributed by atoms with Crippen molar-refractivity contribution >= 4 is 17.5 Å². The molecule has 5 nitrogen and oxygen atoms in total. The molecule has 142 valence electrons. The summed E-state index contributed by atoms with van der Waals surface area (Å²) in [5, 5.41) is 2.85. The molecule has 1 aromatic heterocycles. The highest BCUT2D eigenvalue weighted by Crippen LogP contribution is 2.17. The maximum Gasteiger partial charge on any atom is 0.252 e. The Morgan fingerprint density at radius 1 is 0.964 bits per heavy atom. The van der Waals surface area contributed by atoms with E-state index in [2.05, 4.69) is 10.3 Å². The molecule has 0 spiro atoms. The highest BCUT2D eigenvalue weighted by atomic mass is 19.1. The lowest BCUT2D eigenvalue weighted by molar-refractivity contribution is 0.0939. The maximum atomic E-state index is 13.1. The third-order valence-electron chi connectivity index (χ3n) is 4.25. The maximum absolute atomic E-state index is 13.1. The van der Waals surface area contributed by atoms with E-state index in [4.69, 9.17) is 0 Å². The number of hydrogen-bond acceptors (Lipinski definition) is 4. The summed E-state index contributed by atoms with van der Waals surface area (Å²) in [6.45, 7) is 0.277. The van der Waals surface area contributed by atoms with Gasteiger partial charge in [0.25, 0.3) is 5.91 Å². The zero-order valence-electron chi connectivity index (χ0n) is 15.6. The smallest absolute Gasteiger partial charge is 0.252 e. The fourth-order valence-corrected chi connectivity index (χ4v) is 2.88. The molecule has 0 bridgehead atoms. The summed E-state index contributed by atoms with van der Waals surface area (Å²) >= 11 is 0. The first-order valence-electron chi connectivity index (χ1n) is 8.76. The van der Waals surface area contributed by atoms with Gasteiger partial charge in [-0.05, 0) is 36.4 Å². The van der Waals surface area contributed by atoms with Crippen LogP contribution in [0.25, 0.3) is 0 Å². The zero-order valence-corrected chi connectivity index (χ0v) is 15.6. The summed E-state index contributed by atoms with van der Waals surface area (Å²) in [6.07, 6.45) is 1.69. The first-order valence-corrected chi connectivity index (χ1v) is 8.76. The Morgan fingerprint density at radius 2 is 1.64 bits per heavy atom. The lowest BCUT2D eigenvalue weighted by atomic mass is 9.98. The van der Waals surface area contributed by atoms with Crippen LogP contribution in [0.2, 0.25) is 0 Å². The van der Waals surface area contributed by atoms with Crippen LogP contribution in [0.3, 0.4) is 0 Å². The summed E-state index contributed by atoms with van der Waals surface area (Å²) < 4.78 is 13.1. The van der Waals surface area contributed by atoms with Gasteiger partial charge in [-0.25, -0.2) is 9.37 Å². The Balaban J connectivity index is 1.82. The average Bonchev–Trinajstić information content (AvgIpc) is 2.72. The van der Waals surface area contributed by atoms with Crippen LogP contribution in [0.15, 0.2) is 66.9 Å². The SMILES string of the molecule is CN(C)c1ncccc1CNC(=O)c1ccccc1C(=O)c1ccc(F)cc1. The van der Waals surface area contributed by atoms with Crippen LogP contribution in [0.4, 0.5) is 10.2 Å². The Morgan fingerprint density at radius 3 is 2.32 bits per heavy atom. The monoisotopic (exact) mass is 377 g/mol. The molecule has 0 saturated heterocycles. The second-order valence-electron chi connectivity index (χ2n) is 6.44. The van der Waals surface area contributed by atoms with Gasteiger partial charge in [0.2, 0.25) is 0 Å². The van der Waals surface area contributed by atoms with Crippen LogP contribution in [0, 0.1) is 5.82 Å². The minimum absolute atomic E-state index is 0.269. The number of amides is 1. The van der Waals surface area contributed by atoms with E-state index in [-0.39, 0.29) is 29.4 Å². The lowest BCUT2D eigenvalue weighted by Gasteiger charge is -2.16. The molecule has 3 aromatic rings. The van der Waals surface area contributed by atoms with Crippen LogP contribution in [-0.4, -0.2) is 30.8 Å². The van der Waals surface area contributed by atoms with Crippen LogP contribution in [0.5, 0.6) is 0 Å². The quantitative estimate of drug-likeness (QED) is 0.669. The van der Waals surface area contributed by atoms with Gasteiger partial charge in [-0.2, -0.15) is 0 Å². The topological polar surface area (TPSA) is 62.3 Å². The minimum Gasteiger partial charge on any atom is -0.362 e. The fraction of sp³-hybridized carbons (Fsp3) is 0.136. The number of hydrogen-bond donors (Lipinski definition) is 1. The summed E-state index contributed by atoms with van der Waals surface area (Å²) in [4.78, 5) is 31.7. The van der Waals surface area contributed by atoms with E-state index < -0.39 is 5.82 Å². The Kier molecular flexibility index (Phi) is 5.79. The molecule has 0 aliphatic carbocycles. The van der Waals surface area contributed by atoms with Crippen molar-refractivity contribution in [2.45, 2.75) is 6.54 Å². The van der Waals surface area contributed by atoms with Crippen molar-refractivity contribution in [3.05, 3.63) is 94.9 Å². The van der Waals surface area contributed by atoms with Crippen molar-refractivity contribution in [3.63, 3.8) is 0 Å². The second kappa shape index (κ2) is 8.43. The van der Waals surface area contributed by atoms with Crippen LogP contribution >= 0.6 is 0 Å². The molecule has 1 amide bonds. The zero-order chi connectivity index (χ0) is 20.1. The van der Waals surface area contributed by atoms with Crippen LogP contribution in [0.1, 0.15) is 31.8 Å². The van der Waals surface area contributed by atoms with Gasteiger partial charge in [-0.1, -0.05) is 24.3 Å². The molecule has 0 radical (unpaired) electrons. The Labute approximate surface area is 162 Å². The van der Waals surface area contributed by atoms with Crippen molar-refractivity contribution in [3.8, 4) is 0 Å².